The molecule has 4 atom stereocenters. The van der Waals surface area contributed by atoms with Gasteiger partial charge in [0.25, 0.3) is 0 Å². The molecule has 0 fully saturated rings. The number of hydrogen-bond donors (Lipinski definition) is 4. The lowest BCUT2D eigenvalue weighted by atomic mass is 10.00. The quantitative estimate of drug-likeness (QED) is 0.0187. The summed E-state index contributed by atoms with van der Waals surface area (Å²) in [4.78, 5) is 73.0. The van der Waals surface area contributed by atoms with Gasteiger partial charge < -0.3 is 49.7 Å². The lowest BCUT2D eigenvalue weighted by Crippen LogP contribution is -2.59. The second kappa shape index (κ2) is 46.3. The van der Waals surface area contributed by atoms with Crippen LogP contribution in [0.4, 0.5) is 4.79 Å². The molecule has 4 rings (SSSR count). The smallest absolute Gasteiger partial charge is 0.408 e. The number of carbonyl (C=O) groups is 5. The third-order valence-electron chi connectivity index (χ3n) is 15.8. The van der Waals surface area contributed by atoms with Crippen molar-refractivity contribution in [1.82, 2.24) is 21.3 Å². The van der Waals surface area contributed by atoms with E-state index in [1.165, 1.54) is 83.5 Å². The summed E-state index contributed by atoms with van der Waals surface area (Å²) in [5.41, 5.74) is 1.81. The van der Waals surface area contributed by atoms with Crippen molar-refractivity contribution in [3.8, 4) is 23.0 Å². The van der Waals surface area contributed by atoms with Gasteiger partial charge in [-0.05, 0) is 117 Å². The standard InChI is InChI=1S/C75H111Cl3N4O11/c1-8-12-16-20-24-28-48-88-61-40-32-57(33-41-61)52-65(80-71(85)67(82-73(87)93-74(5,6)7)54-59-36-44-63(45-37-59)90-50-30-26-22-18-14-10-3)69(83)79-66(53-58-34-42-62(43-35-58)89-49-29-25-21-17-13-9-2)70(84)81-68(72(86)92-56-75(76,77)78)55-60-38-46-64(47-39-60)91-51-31-27-23-19-15-11-4/h32-47,65-68H,8-31,48-56H2,1-7H3,(H,79,83)(H,80,85)(H,81,84)(H,82,87)/t65-,66-,67-,68-/m0/s1. The molecule has 0 heterocycles. The normalized spacial score (nSPS) is 12.8. The Hall–Kier alpha value is -5.90. The van der Waals surface area contributed by atoms with E-state index in [2.05, 4.69) is 49.0 Å². The number of amides is 4. The van der Waals surface area contributed by atoms with Crippen molar-refractivity contribution < 1.29 is 52.4 Å². The zero-order chi connectivity index (χ0) is 67.5. The van der Waals surface area contributed by atoms with Gasteiger partial charge in [0.1, 0.15) is 59.4 Å². The minimum absolute atomic E-state index is 0.0240. The van der Waals surface area contributed by atoms with Crippen molar-refractivity contribution in [2.75, 3.05) is 33.0 Å². The molecule has 18 heteroatoms. The highest BCUT2D eigenvalue weighted by molar-refractivity contribution is 6.67. The number of unbranched alkanes of at least 4 members (excludes halogenated alkanes) is 20. The highest BCUT2D eigenvalue weighted by atomic mass is 35.6. The first-order chi connectivity index (χ1) is 44.8. The van der Waals surface area contributed by atoms with E-state index >= 15 is 9.59 Å². The Balaban J connectivity index is 1.70. The van der Waals surface area contributed by atoms with Crippen LogP contribution in [0, 0.1) is 0 Å². The second-order valence-electron chi connectivity index (χ2n) is 25.5. The highest BCUT2D eigenvalue weighted by Crippen LogP contribution is 2.27. The van der Waals surface area contributed by atoms with Gasteiger partial charge in [0.15, 0.2) is 0 Å². The maximum Gasteiger partial charge on any atom is 0.408 e. The molecule has 4 aromatic rings. The molecule has 4 amide bonds. The number of nitrogens with one attached hydrogen (secondary N) is 4. The van der Waals surface area contributed by atoms with Gasteiger partial charge in [-0.2, -0.15) is 0 Å². The summed E-state index contributed by atoms with van der Waals surface area (Å²) < 4.78 is 33.5. The highest BCUT2D eigenvalue weighted by Gasteiger charge is 2.34. The minimum Gasteiger partial charge on any atom is -0.494 e. The van der Waals surface area contributed by atoms with E-state index in [0.717, 1.165) is 70.6 Å². The number of alkyl carbamates (subject to hydrolysis) is 1. The van der Waals surface area contributed by atoms with Crippen LogP contribution in [0.25, 0.3) is 0 Å². The minimum atomic E-state index is -1.95. The predicted molar refractivity (Wildman–Crippen MR) is 376 cm³/mol. The van der Waals surface area contributed by atoms with E-state index in [-0.39, 0.29) is 25.7 Å². The van der Waals surface area contributed by atoms with E-state index in [1.54, 1.807) is 32.9 Å². The number of esters is 1. The molecule has 4 aromatic carbocycles. The van der Waals surface area contributed by atoms with E-state index in [1.807, 2.05) is 84.9 Å². The Morgan fingerprint density at radius 2 is 0.602 bits per heavy atom. The molecule has 0 radical (unpaired) electrons. The number of rotatable bonds is 49. The average Bonchev–Trinajstić information content (AvgIpc) is 1.91. The van der Waals surface area contributed by atoms with Crippen LogP contribution < -0.4 is 40.2 Å². The first kappa shape index (κ1) is 79.5. The molecule has 0 unspecified atom stereocenters. The second-order valence-corrected chi connectivity index (χ2v) is 28.0. The van der Waals surface area contributed by atoms with Crippen molar-refractivity contribution in [3.63, 3.8) is 0 Å². The molecule has 518 valence electrons. The van der Waals surface area contributed by atoms with E-state index < -0.39 is 70.0 Å². The molecule has 0 aliphatic rings. The largest absolute Gasteiger partial charge is 0.494 e. The summed E-state index contributed by atoms with van der Waals surface area (Å²) in [5.74, 6) is -0.371. The van der Waals surface area contributed by atoms with Crippen LogP contribution >= 0.6 is 34.8 Å². The summed E-state index contributed by atoms with van der Waals surface area (Å²) >= 11 is 18.2. The summed E-state index contributed by atoms with van der Waals surface area (Å²) in [6.07, 6.45) is 26.1. The summed E-state index contributed by atoms with van der Waals surface area (Å²) in [6, 6.07) is 24.0. The van der Waals surface area contributed by atoms with Gasteiger partial charge >= 0.3 is 12.1 Å². The van der Waals surface area contributed by atoms with Gasteiger partial charge in [0.05, 0.1) is 26.4 Å². The number of alkyl halides is 3. The molecule has 0 aliphatic heterocycles. The molecule has 0 aliphatic carbocycles. The lowest BCUT2D eigenvalue weighted by molar-refractivity contribution is -0.148. The number of hydrogen-bond acceptors (Lipinski definition) is 11. The summed E-state index contributed by atoms with van der Waals surface area (Å²) in [7, 11) is 0. The Morgan fingerprint density at radius 1 is 0.355 bits per heavy atom. The molecule has 0 spiro atoms. The van der Waals surface area contributed by atoms with Gasteiger partial charge in [0, 0.05) is 25.7 Å². The molecule has 0 aromatic heterocycles. The average molecular weight is 1350 g/mol. The molecular weight excluding hydrogens is 1240 g/mol. The fourth-order valence-corrected chi connectivity index (χ4v) is 10.6. The molecule has 93 heavy (non-hydrogen) atoms. The summed E-state index contributed by atoms with van der Waals surface area (Å²) in [6.45, 7) is 15.6. The van der Waals surface area contributed by atoms with E-state index in [0.29, 0.717) is 71.7 Å². The number of carbonyl (C=O) groups excluding carboxylic acids is 5. The van der Waals surface area contributed by atoms with Gasteiger partial charge in [0.2, 0.25) is 21.5 Å². The SMILES string of the molecule is CCCCCCCCOc1ccc(C[C@H](NC(=O)OC(C)(C)C)C(=O)N[C@@H](Cc2ccc(OCCCCCCCC)cc2)C(=O)N[C@@H](Cc2ccc(OCCCCCCCC)cc2)C(=O)N[C@@H](Cc2ccc(OCCCCCCCC)cc2)C(=O)OCC(Cl)(Cl)Cl)cc1. The molecule has 4 N–H and O–H groups in total. The van der Waals surface area contributed by atoms with Crippen LogP contribution in [0.15, 0.2) is 97.1 Å². The van der Waals surface area contributed by atoms with Gasteiger partial charge in [-0.15, -0.1) is 0 Å². The molecule has 0 saturated carbocycles. The Labute approximate surface area is 572 Å². The fourth-order valence-electron chi connectivity index (χ4n) is 10.5. The monoisotopic (exact) mass is 1350 g/mol. The van der Waals surface area contributed by atoms with Gasteiger partial charge in [-0.1, -0.05) is 239 Å². The number of benzene rings is 4. The van der Waals surface area contributed by atoms with Crippen LogP contribution in [0.2, 0.25) is 0 Å². The lowest BCUT2D eigenvalue weighted by Gasteiger charge is -2.27. The Kier molecular flexibility index (Phi) is 39.6. The Bertz CT molecular complexity index is 2690. The molecule has 0 bridgehead atoms. The Morgan fingerprint density at radius 3 is 0.871 bits per heavy atom. The van der Waals surface area contributed by atoms with Crippen LogP contribution in [0.5, 0.6) is 23.0 Å². The van der Waals surface area contributed by atoms with Crippen molar-refractivity contribution in [3.05, 3.63) is 119 Å². The third-order valence-corrected chi connectivity index (χ3v) is 16.1. The van der Waals surface area contributed by atoms with Crippen LogP contribution in [0.3, 0.4) is 0 Å². The maximum atomic E-state index is 15.3. The van der Waals surface area contributed by atoms with Crippen LogP contribution in [-0.4, -0.2) is 96.4 Å². The van der Waals surface area contributed by atoms with Crippen molar-refractivity contribution in [1.29, 1.82) is 0 Å². The maximum absolute atomic E-state index is 15.3. The van der Waals surface area contributed by atoms with Crippen LogP contribution in [0.1, 0.15) is 225 Å². The van der Waals surface area contributed by atoms with E-state index in [4.69, 9.17) is 63.2 Å². The van der Waals surface area contributed by atoms with Crippen LogP contribution in [-0.2, 0) is 54.3 Å². The number of ether oxygens (including phenoxy) is 6. The third kappa shape index (κ3) is 36.5. The first-order valence-electron chi connectivity index (χ1n) is 34.8. The molecular formula is C75H111Cl3N4O11. The zero-order valence-electron chi connectivity index (χ0n) is 57.0. The molecule has 0 saturated heterocycles. The van der Waals surface area contributed by atoms with Crippen molar-refractivity contribution in [2.24, 2.45) is 0 Å². The molecule has 15 nitrogen and oxygen atoms in total. The van der Waals surface area contributed by atoms with Gasteiger partial charge in [-0.3, -0.25) is 14.4 Å². The predicted octanol–water partition coefficient (Wildman–Crippen LogP) is 17.2. The van der Waals surface area contributed by atoms with Gasteiger partial charge in [-0.25, -0.2) is 9.59 Å². The topological polar surface area (TPSA) is 189 Å². The van der Waals surface area contributed by atoms with E-state index in [9.17, 15) is 14.4 Å². The zero-order valence-corrected chi connectivity index (χ0v) is 59.3. The van der Waals surface area contributed by atoms with Crippen molar-refractivity contribution in [2.45, 2.75) is 262 Å². The number of halogens is 3. The van der Waals surface area contributed by atoms with Crippen molar-refractivity contribution >= 4 is 64.6 Å². The fraction of sp³-hybridized carbons (Fsp3) is 0.613. The summed E-state index contributed by atoms with van der Waals surface area (Å²) in [5, 5.41) is 11.5. The first-order valence-corrected chi connectivity index (χ1v) is 35.9.